The average molecular weight is 215 g/mol. The van der Waals surface area contributed by atoms with Crippen LogP contribution in [0.15, 0.2) is 0 Å². The number of amides is 1. The molecule has 0 aliphatic carbocycles. The summed E-state index contributed by atoms with van der Waals surface area (Å²) >= 11 is 1.55. The Morgan fingerprint density at radius 3 is 2.86 bits per heavy atom. The van der Waals surface area contributed by atoms with E-state index < -0.39 is 0 Å². The highest BCUT2D eigenvalue weighted by atomic mass is 32.2. The van der Waals surface area contributed by atoms with Crippen molar-refractivity contribution in [2.24, 2.45) is 5.73 Å². The molecule has 0 spiro atoms. The van der Waals surface area contributed by atoms with Gasteiger partial charge in [-0.05, 0) is 0 Å². The molecule has 80 valence electrons. The second-order valence-electron chi connectivity index (χ2n) is 3.08. The minimum Gasteiger partial charge on any atom is -0.344 e. The molecule has 0 bridgehead atoms. The minimum atomic E-state index is 0.0607. The first kappa shape index (κ1) is 13.3. The van der Waals surface area contributed by atoms with E-state index in [1.807, 2.05) is 13.0 Å². The Morgan fingerprint density at radius 2 is 2.36 bits per heavy atom. The van der Waals surface area contributed by atoms with Crippen molar-refractivity contribution < 1.29 is 4.79 Å². The highest BCUT2D eigenvalue weighted by molar-refractivity contribution is 8.00. The fourth-order valence-electron chi connectivity index (χ4n) is 0.734. The quantitative estimate of drug-likeness (QED) is 0.698. The summed E-state index contributed by atoms with van der Waals surface area (Å²) in [4.78, 5) is 13.0. The van der Waals surface area contributed by atoms with E-state index in [2.05, 4.69) is 0 Å². The first-order chi connectivity index (χ1) is 6.61. The van der Waals surface area contributed by atoms with Gasteiger partial charge >= 0.3 is 0 Å². The molecule has 0 aromatic carbocycles. The van der Waals surface area contributed by atoms with Crippen LogP contribution in [0.2, 0.25) is 0 Å². The molecule has 2 N–H and O–H groups in total. The summed E-state index contributed by atoms with van der Waals surface area (Å²) in [6.07, 6.45) is 0.388. The number of nitriles is 1. The lowest BCUT2D eigenvalue weighted by Gasteiger charge is -2.16. The van der Waals surface area contributed by atoms with Crippen LogP contribution in [0.4, 0.5) is 0 Å². The van der Waals surface area contributed by atoms with Gasteiger partial charge in [0.1, 0.15) is 0 Å². The van der Waals surface area contributed by atoms with E-state index >= 15 is 0 Å². The normalized spacial score (nSPS) is 11.9. The van der Waals surface area contributed by atoms with Gasteiger partial charge in [0.2, 0.25) is 5.91 Å². The number of nitrogens with zero attached hydrogens (tertiary/aromatic N) is 2. The maximum absolute atomic E-state index is 11.4. The second kappa shape index (κ2) is 7.65. The molecule has 0 aliphatic rings. The summed E-state index contributed by atoms with van der Waals surface area (Å²) in [7, 11) is 1.72. The van der Waals surface area contributed by atoms with Gasteiger partial charge in [0.15, 0.2) is 0 Å². The van der Waals surface area contributed by atoms with Gasteiger partial charge in [-0.1, -0.05) is 6.92 Å². The molecule has 4 nitrogen and oxygen atoms in total. The van der Waals surface area contributed by atoms with Gasteiger partial charge in [-0.15, -0.1) is 11.8 Å². The van der Waals surface area contributed by atoms with Gasteiger partial charge in [-0.25, -0.2) is 0 Å². The monoisotopic (exact) mass is 215 g/mol. The van der Waals surface area contributed by atoms with E-state index in [0.29, 0.717) is 30.5 Å². The third-order valence-corrected chi connectivity index (χ3v) is 2.98. The van der Waals surface area contributed by atoms with Crippen LogP contribution in [-0.2, 0) is 4.79 Å². The SMILES string of the molecule is CC(CN)SCC(=O)N(C)CCC#N. The van der Waals surface area contributed by atoms with Crippen LogP contribution in [0.3, 0.4) is 0 Å². The van der Waals surface area contributed by atoms with Crippen molar-refractivity contribution in [3.8, 4) is 6.07 Å². The zero-order valence-electron chi connectivity index (χ0n) is 8.69. The Balaban J connectivity index is 3.68. The van der Waals surface area contributed by atoms with E-state index in [-0.39, 0.29) is 5.91 Å². The van der Waals surface area contributed by atoms with E-state index in [0.717, 1.165) is 0 Å². The Kier molecular flexibility index (Phi) is 7.25. The van der Waals surface area contributed by atoms with E-state index in [9.17, 15) is 4.79 Å². The van der Waals surface area contributed by atoms with Gasteiger partial charge in [0.25, 0.3) is 0 Å². The molecule has 0 fully saturated rings. The maximum Gasteiger partial charge on any atom is 0.232 e. The predicted octanol–water partition coefficient (Wildman–Crippen LogP) is 0.439. The lowest BCUT2D eigenvalue weighted by molar-refractivity contribution is -0.127. The number of carbonyl (C=O) groups is 1. The summed E-state index contributed by atoms with van der Waals surface area (Å²) < 4.78 is 0. The molecular formula is C9H17N3OS. The van der Waals surface area contributed by atoms with Gasteiger partial charge in [0.05, 0.1) is 18.2 Å². The summed E-state index contributed by atoms with van der Waals surface area (Å²) in [5.74, 6) is 0.505. The highest BCUT2D eigenvalue weighted by Crippen LogP contribution is 2.09. The summed E-state index contributed by atoms with van der Waals surface area (Å²) in [5, 5.41) is 8.65. The largest absolute Gasteiger partial charge is 0.344 e. The van der Waals surface area contributed by atoms with Crippen LogP contribution in [0.5, 0.6) is 0 Å². The average Bonchev–Trinajstić information content (AvgIpc) is 2.21. The van der Waals surface area contributed by atoms with Crippen molar-refractivity contribution in [2.45, 2.75) is 18.6 Å². The predicted molar refractivity (Wildman–Crippen MR) is 58.8 cm³/mol. The molecule has 14 heavy (non-hydrogen) atoms. The molecule has 1 unspecified atom stereocenters. The zero-order valence-corrected chi connectivity index (χ0v) is 9.51. The van der Waals surface area contributed by atoms with E-state index in [1.165, 1.54) is 0 Å². The molecule has 1 atom stereocenters. The fraction of sp³-hybridized carbons (Fsp3) is 0.778. The number of hydrogen-bond donors (Lipinski definition) is 1. The molecular weight excluding hydrogens is 198 g/mol. The van der Waals surface area contributed by atoms with Gasteiger partial charge in [-0.3, -0.25) is 4.79 Å². The third kappa shape index (κ3) is 5.84. The molecule has 1 amide bonds. The molecule has 0 saturated carbocycles. The molecule has 0 radical (unpaired) electrons. The molecule has 0 heterocycles. The Morgan fingerprint density at radius 1 is 1.71 bits per heavy atom. The Bertz CT molecular complexity index is 215. The van der Waals surface area contributed by atoms with Crippen molar-refractivity contribution >= 4 is 17.7 Å². The zero-order chi connectivity index (χ0) is 11.0. The standard InChI is InChI=1S/C9H17N3OS/c1-8(6-11)14-7-9(13)12(2)5-3-4-10/h8H,3,5-7,11H2,1-2H3. The van der Waals surface area contributed by atoms with Gasteiger partial charge in [-0.2, -0.15) is 5.26 Å². The van der Waals surface area contributed by atoms with Crippen LogP contribution < -0.4 is 5.73 Å². The van der Waals surface area contributed by atoms with Crippen molar-refractivity contribution in [1.29, 1.82) is 5.26 Å². The van der Waals surface area contributed by atoms with Crippen LogP contribution in [0, 0.1) is 11.3 Å². The molecule has 0 saturated heterocycles. The van der Waals surface area contributed by atoms with E-state index in [1.54, 1.807) is 23.7 Å². The molecule has 0 rings (SSSR count). The lowest BCUT2D eigenvalue weighted by atomic mass is 10.4. The maximum atomic E-state index is 11.4. The first-order valence-electron chi connectivity index (χ1n) is 4.54. The number of hydrogen-bond acceptors (Lipinski definition) is 4. The van der Waals surface area contributed by atoms with Crippen molar-refractivity contribution in [3.05, 3.63) is 0 Å². The number of carbonyl (C=O) groups excluding carboxylic acids is 1. The summed E-state index contributed by atoms with van der Waals surface area (Å²) in [6.45, 7) is 3.08. The van der Waals surface area contributed by atoms with Crippen LogP contribution in [-0.4, -0.2) is 41.9 Å². The molecule has 0 aliphatic heterocycles. The second-order valence-corrected chi connectivity index (χ2v) is 4.51. The minimum absolute atomic E-state index is 0.0607. The Hall–Kier alpha value is -0.730. The Labute approximate surface area is 89.4 Å². The van der Waals surface area contributed by atoms with Gasteiger partial charge < -0.3 is 10.6 Å². The summed E-state index contributed by atoms with van der Waals surface area (Å²) in [6, 6.07) is 2.01. The van der Waals surface area contributed by atoms with Crippen molar-refractivity contribution in [1.82, 2.24) is 4.90 Å². The summed E-state index contributed by atoms with van der Waals surface area (Å²) in [5.41, 5.74) is 5.43. The fourth-order valence-corrected chi connectivity index (χ4v) is 1.52. The molecule has 0 aromatic rings. The van der Waals surface area contributed by atoms with Gasteiger partial charge in [0, 0.05) is 25.4 Å². The van der Waals surface area contributed by atoms with Crippen LogP contribution >= 0.6 is 11.8 Å². The van der Waals surface area contributed by atoms with Crippen LogP contribution in [0.1, 0.15) is 13.3 Å². The highest BCUT2D eigenvalue weighted by Gasteiger charge is 2.09. The number of thioether (sulfide) groups is 1. The first-order valence-corrected chi connectivity index (χ1v) is 5.59. The lowest BCUT2D eigenvalue weighted by Crippen LogP contribution is -2.30. The number of nitrogens with two attached hydrogens (primary N) is 1. The van der Waals surface area contributed by atoms with Crippen molar-refractivity contribution in [2.75, 3.05) is 25.9 Å². The third-order valence-electron chi connectivity index (χ3n) is 1.81. The van der Waals surface area contributed by atoms with Crippen molar-refractivity contribution in [3.63, 3.8) is 0 Å². The van der Waals surface area contributed by atoms with E-state index in [4.69, 9.17) is 11.0 Å². The molecule has 0 aromatic heterocycles. The topological polar surface area (TPSA) is 70.1 Å². The van der Waals surface area contributed by atoms with Crippen LogP contribution in [0.25, 0.3) is 0 Å². The molecule has 5 heteroatoms. The smallest absolute Gasteiger partial charge is 0.232 e. The number of rotatable bonds is 6.